The Morgan fingerprint density at radius 2 is 1.46 bits per heavy atom. The number of anilines is 1. The Morgan fingerprint density at radius 3 is 2.03 bits per heavy atom. The van der Waals surface area contributed by atoms with Crippen LogP contribution >= 0.6 is 0 Å². The third kappa shape index (κ3) is 17.1. The maximum atomic E-state index is 5.53. The minimum Gasteiger partial charge on any atom is -0.460 e. The third-order valence-corrected chi connectivity index (χ3v) is 5.29. The zero-order chi connectivity index (χ0) is 26.2. The number of hydrogen-bond acceptors (Lipinski definition) is 4. The standard InChI is InChI=1S/C26H41N3O.C3H8.C2H6/c1-4-6-7-9-19-29(20-10-8-18-27-17-5-2)25-14-12-24(13-15-25)21-28-22-26-16-11-23(3)30-26;1-3-2;1-2/h11-16,22,27H,4-10,17-21H2,1-3H3;3H2,1-2H3;1-2H3. The first-order valence-corrected chi connectivity index (χ1v) is 14.2. The van der Waals surface area contributed by atoms with Crippen LogP contribution in [0.2, 0.25) is 0 Å². The highest BCUT2D eigenvalue weighted by molar-refractivity contribution is 5.75. The highest BCUT2D eigenvalue weighted by atomic mass is 16.3. The maximum Gasteiger partial charge on any atom is 0.144 e. The first-order chi connectivity index (χ1) is 17.1. The average molecular weight is 486 g/mol. The summed E-state index contributed by atoms with van der Waals surface area (Å²) in [5.74, 6) is 1.73. The Hall–Kier alpha value is -2.07. The van der Waals surface area contributed by atoms with Gasteiger partial charge in [0.05, 0.1) is 12.8 Å². The van der Waals surface area contributed by atoms with Gasteiger partial charge >= 0.3 is 0 Å². The van der Waals surface area contributed by atoms with E-state index in [2.05, 4.69) is 67.2 Å². The molecule has 200 valence electrons. The van der Waals surface area contributed by atoms with E-state index < -0.39 is 0 Å². The predicted molar refractivity (Wildman–Crippen MR) is 157 cm³/mol. The van der Waals surface area contributed by atoms with Crippen molar-refractivity contribution in [2.24, 2.45) is 4.99 Å². The van der Waals surface area contributed by atoms with Crippen molar-refractivity contribution < 1.29 is 4.42 Å². The number of nitrogens with zero attached hydrogens (tertiary/aromatic N) is 2. The van der Waals surface area contributed by atoms with Crippen molar-refractivity contribution in [1.82, 2.24) is 5.32 Å². The molecule has 1 aromatic heterocycles. The van der Waals surface area contributed by atoms with Crippen LogP contribution in [0.15, 0.2) is 45.8 Å². The molecule has 0 atom stereocenters. The third-order valence-electron chi connectivity index (χ3n) is 5.29. The van der Waals surface area contributed by atoms with Gasteiger partial charge in [0.2, 0.25) is 0 Å². The van der Waals surface area contributed by atoms with Crippen LogP contribution < -0.4 is 10.2 Å². The number of aliphatic imine (C=N–C) groups is 1. The Morgan fingerprint density at radius 1 is 0.800 bits per heavy atom. The minimum absolute atomic E-state index is 0.680. The Labute approximate surface area is 217 Å². The van der Waals surface area contributed by atoms with Gasteiger partial charge in [-0.05, 0) is 75.5 Å². The van der Waals surface area contributed by atoms with Crippen molar-refractivity contribution in [1.29, 1.82) is 0 Å². The summed E-state index contributed by atoms with van der Waals surface area (Å²) in [5, 5.41) is 3.51. The maximum absolute atomic E-state index is 5.53. The molecule has 1 aromatic carbocycles. The fraction of sp³-hybridized carbons (Fsp3) is 0.645. The molecule has 0 saturated heterocycles. The molecule has 2 aromatic rings. The number of rotatable bonds is 16. The van der Waals surface area contributed by atoms with E-state index in [1.54, 1.807) is 0 Å². The smallest absolute Gasteiger partial charge is 0.144 e. The van der Waals surface area contributed by atoms with Crippen LogP contribution in [0.3, 0.4) is 0 Å². The lowest BCUT2D eigenvalue weighted by Gasteiger charge is -2.25. The normalized spacial score (nSPS) is 10.5. The van der Waals surface area contributed by atoms with Gasteiger partial charge in [-0.1, -0.05) is 79.4 Å². The molecule has 0 saturated carbocycles. The van der Waals surface area contributed by atoms with Crippen molar-refractivity contribution in [2.75, 3.05) is 31.1 Å². The summed E-state index contributed by atoms with van der Waals surface area (Å²) in [6.45, 7) is 19.9. The van der Waals surface area contributed by atoms with Crippen LogP contribution in [0.1, 0.15) is 110 Å². The van der Waals surface area contributed by atoms with E-state index in [1.807, 2.05) is 39.1 Å². The van der Waals surface area contributed by atoms with Crippen LogP contribution in [0, 0.1) is 6.92 Å². The van der Waals surface area contributed by atoms with E-state index >= 15 is 0 Å². The highest BCUT2D eigenvalue weighted by Gasteiger charge is 2.06. The highest BCUT2D eigenvalue weighted by Crippen LogP contribution is 2.18. The molecule has 35 heavy (non-hydrogen) atoms. The molecule has 0 aliphatic carbocycles. The van der Waals surface area contributed by atoms with E-state index in [0.29, 0.717) is 6.54 Å². The molecule has 0 aliphatic heterocycles. The van der Waals surface area contributed by atoms with E-state index in [-0.39, 0.29) is 0 Å². The van der Waals surface area contributed by atoms with Crippen molar-refractivity contribution in [3.8, 4) is 0 Å². The topological polar surface area (TPSA) is 40.8 Å². The summed E-state index contributed by atoms with van der Waals surface area (Å²) in [6, 6.07) is 12.9. The van der Waals surface area contributed by atoms with Crippen LogP contribution in [-0.2, 0) is 6.54 Å². The Balaban J connectivity index is 0.00000214. The van der Waals surface area contributed by atoms with E-state index in [4.69, 9.17) is 4.42 Å². The fourth-order valence-corrected chi connectivity index (χ4v) is 3.53. The number of benzene rings is 1. The largest absolute Gasteiger partial charge is 0.460 e. The number of nitrogens with one attached hydrogen (secondary N) is 1. The Kier molecular flexibility index (Phi) is 22.3. The van der Waals surface area contributed by atoms with Crippen molar-refractivity contribution in [3.05, 3.63) is 53.5 Å². The van der Waals surface area contributed by atoms with E-state index in [1.165, 1.54) is 62.6 Å². The van der Waals surface area contributed by atoms with Gasteiger partial charge in [0.15, 0.2) is 0 Å². The molecule has 0 fully saturated rings. The SMILES string of the molecule is CC.CCC.CCCCCCN(CCCCNCCC)c1ccc(CN=Cc2ccc(C)o2)cc1. The molecule has 1 heterocycles. The predicted octanol–water partition coefficient (Wildman–Crippen LogP) is 8.82. The van der Waals surface area contributed by atoms with Crippen LogP contribution in [-0.4, -0.2) is 32.4 Å². The average Bonchev–Trinajstić information content (AvgIpc) is 3.29. The summed E-state index contributed by atoms with van der Waals surface area (Å²) in [4.78, 5) is 7.08. The molecule has 0 spiro atoms. The van der Waals surface area contributed by atoms with Gasteiger partial charge in [-0.25, -0.2) is 0 Å². The second kappa shape index (κ2) is 23.7. The van der Waals surface area contributed by atoms with Gasteiger partial charge in [0, 0.05) is 18.8 Å². The van der Waals surface area contributed by atoms with Crippen LogP contribution in [0.4, 0.5) is 5.69 Å². The van der Waals surface area contributed by atoms with E-state index in [0.717, 1.165) is 37.7 Å². The molecule has 0 radical (unpaired) electrons. The lowest BCUT2D eigenvalue weighted by molar-refractivity contribution is 0.527. The number of hydrogen-bond donors (Lipinski definition) is 1. The Bertz CT molecular complexity index is 721. The lowest BCUT2D eigenvalue weighted by atomic mass is 10.1. The molecule has 4 nitrogen and oxygen atoms in total. The van der Waals surface area contributed by atoms with Gasteiger partial charge in [0.25, 0.3) is 0 Å². The van der Waals surface area contributed by atoms with Crippen molar-refractivity contribution in [3.63, 3.8) is 0 Å². The molecule has 2 rings (SSSR count). The van der Waals surface area contributed by atoms with Gasteiger partial charge in [0.1, 0.15) is 11.5 Å². The summed E-state index contributed by atoms with van der Waals surface area (Å²) in [5.41, 5.74) is 2.57. The molecular formula is C31H55N3O. The molecule has 0 bridgehead atoms. The van der Waals surface area contributed by atoms with Gasteiger partial charge in [-0.3, -0.25) is 4.99 Å². The number of furan rings is 1. The first kappa shape index (κ1) is 32.9. The minimum atomic E-state index is 0.680. The van der Waals surface area contributed by atoms with Gasteiger partial charge in [-0.2, -0.15) is 0 Å². The second-order valence-corrected chi connectivity index (χ2v) is 8.80. The summed E-state index contributed by atoms with van der Waals surface area (Å²) in [6.07, 6.45) is 12.0. The molecule has 0 amide bonds. The number of unbranched alkanes of at least 4 members (excludes halogenated alkanes) is 4. The van der Waals surface area contributed by atoms with Crippen molar-refractivity contribution >= 4 is 11.9 Å². The summed E-state index contributed by atoms with van der Waals surface area (Å²) in [7, 11) is 0. The number of aryl methyl sites for hydroxylation is 1. The summed E-state index contributed by atoms with van der Waals surface area (Å²) >= 11 is 0. The van der Waals surface area contributed by atoms with Crippen LogP contribution in [0.5, 0.6) is 0 Å². The zero-order valence-electron chi connectivity index (χ0n) is 24.0. The lowest BCUT2D eigenvalue weighted by Crippen LogP contribution is -2.26. The fourth-order valence-electron chi connectivity index (χ4n) is 3.53. The van der Waals surface area contributed by atoms with E-state index in [9.17, 15) is 0 Å². The van der Waals surface area contributed by atoms with Gasteiger partial charge in [-0.15, -0.1) is 0 Å². The molecular weight excluding hydrogens is 430 g/mol. The first-order valence-electron chi connectivity index (χ1n) is 14.2. The summed E-state index contributed by atoms with van der Waals surface area (Å²) < 4.78 is 5.53. The zero-order valence-corrected chi connectivity index (χ0v) is 24.0. The second-order valence-electron chi connectivity index (χ2n) is 8.80. The molecule has 1 N–H and O–H groups in total. The molecule has 4 heteroatoms. The molecule has 0 aliphatic rings. The quantitative estimate of drug-likeness (QED) is 0.191. The van der Waals surface area contributed by atoms with Gasteiger partial charge < -0.3 is 14.6 Å². The van der Waals surface area contributed by atoms with Crippen molar-refractivity contribution in [2.45, 2.75) is 106 Å². The molecule has 0 unspecified atom stereocenters. The monoisotopic (exact) mass is 485 g/mol. The van der Waals surface area contributed by atoms with Crippen LogP contribution in [0.25, 0.3) is 0 Å².